The molecule has 0 aromatic rings. The number of esters is 1. The molecule has 0 spiro atoms. The van der Waals surface area contributed by atoms with Crippen molar-refractivity contribution in [3.8, 4) is 0 Å². The molecule has 1 fully saturated rings. The topological polar surface area (TPSA) is 26.3 Å². The first kappa shape index (κ1) is 6.33. The lowest BCUT2D eigenvalue weighted by molar-refractivity contribution is -0.144. The Morgan fingerprint density at radius 3 is 2.89 bits per heavy atom. The fraction of sp³-hybridized carbons (Fsp3) is 0.571. The highest BCUT2D eigenvalue weighted by Gasteiger charge is 2.35. The molecule has 0 aromatic heterocycles. The number of carbonyl (C=O) groups is 1. The number of rotatable bonds is 2. The maximum absolute atomic E-state index is 10.7. The number of carbonyl (C=O) groups excluding carboxylic acids is 1. The minimum Gasteiger partial charge on any atom is -0.466 e. The van der Waals surface area contributed by atoms with Crippen molar-refractivity contribution in [3.63, 3.8) is 0 Å². The Kier molecular flexibility index (Phi) is 1.56. The summed E-state index contributed by atoms with van der Waals surface area (Å²) < 4.78 is 4.74. The van der Waals surface area contributed by atoms with E-state index >= 15 is 0 Å². The summed E-state index contributed by atoms with van der Waals surface area (Å²) in [4.78, 5) is 10.7. The summed E-state index contributed by atoms with van der Waals surface area (Å²) in [5, 5.41) is 0. The van der Waals surface area contributed by atoms with E-state index in [9.17, 15) is 4.79 Å². The zero-order valence-electron chi connectivity index (χ0n) is 5.52. The van der Waals surface area contributed by atoms with Crippen molar-refractivity contribution < 1.29 is 9.53 Å². The number of hydrogen-bond donors (Lipinski definition) is 0. The van der Waals surface area contributed by atoms with Crippen LogP contribution in [0.5, 0.6) is 0 Å². The molecule has 0 N–H and O–H groups in total. The summed E-state index contributed by atoms with van der Waals surface area (Å²) in [5.74, 6) is -0.0764. The van der Waals surface area contributed by atoms with Crippen LogP contribution in [0.2, 0.25) is 0 Å². The number of hydrogen-bond acceptors (Lipinski definition) is 2. The van der Waals surface area contributed by atoms with Gasteiger partial charge in [0.15, 0.2) is 0 Å². The van der Waals surface area contributed by atoms with Gasteiger partial charge in [0.1, 0.15) is 0 Å². The molecule has 1 unspecified atom stereocenters. The summed E-state index contributed by atoms with van der Waals surface area (Å²) in [7, 11) is 0. The van der Waals surface area contributed by atoms with Crippen LogP contribution in [-0.4, -0.2) is 12.6 Å². The van der Waals surface area contributed by atoms with Gasteiger partial charge in [0.05, 0.1) is 12.5 Å². The Bertz CT molecular complexity index is 149. The van der Waals surface area contributed by atoms with Gasteiger partial charge in [0, 0.05) is 0 Å². The lowest BCUT2D eigenvalue weighted by Gasteiger charge is -1.95. The maximum atomic E-state index is 10.7. The van der Waals surface area contributed by atoms with Crippen molar-refractivity contribution in [2.45, 2.75) is 13.3 Å². The molecule has 0 amide bonds. The molecule has 2 nitrogen and oxygen atoms in total. The third-order valence-electron chi connectivity index (χ3n) is 1.37. The van der Waals surface area contributed by atoms with Crippen molar-refractivity contribution in [2.75, 3.05) is 6.61 Å². The van der Waals surface area contributed by atoms with Crippen molar-refractivity contribution in [1.29, 1.82) is 0 Å². The fourth-order valence-corrected chi connectivity index (χ4v) is 0.696. The molecule has 1 rings (SSSR count). The first-order chi connectivity index (χ1) is 4.25. The molecule has 0 saturated heterocycles. The molecule has 1 aliphatic carbocycles. The summed E-state index contributed by atoms with van der Waals surface area (Å²) in [6.45, 7) is 5.93. The SMILES string of the molecule is C=C1CC1C(=O)OCC. The fourth-order valence-electron chi connectivity index (χ4n) is 0.696. The zero-order valence-corrected chi connectivity index (χ0v) is 5.52. The summed E-state index contributed by atoms with van der Waals surface area (Å²) in [5.41, 5.74) is 1.01. The van der Waals surface area contributed by atoms with E-state index in [1.165, 1.54) is 0 Å². The van der Waals surface area contributed by atoms with E-state index in [-0.39, 0.29) is 11.9 Å². The van der Waals surface area contributed by atoms with Crippen LogP contribution < -0.4 is 0 Å². The second-order valence-corrected chi connectivity index (χ2v) is 2.17. The molecule has 1 saturated carbocycles. The third kappa shape index (κ3) is 1.31. The van der Waals surface area contributed by atoms with E-state index < -0.39 is 0 Å². The Balaban J connectivity index is 2.28. The molecule has 50 valence electrons. The molecule has 0 aromatic carbocycles. The van der Waals surface area contributed by atoms with E-state index in [2.05, 4.69) is 6.58 Å². The highest BCUT2D eigenvalue weighted by atomic mass is 16.5. The Labute approximate surface area is 54.5 Å². The van der Waals surface area contributed by atoms with E-state index in [4.69, 9.17) is 4.74 Å². The molecule has 0 bridgehead atoms. The van der Waals surface area contributed by atoms with Gasteiger partial charge in [0.2, 0.25) is 0 Å². The largest absolute Gasteiger partial charge is 0.466 e. The molecule has 1 aliphatic rings. The minimum absolute atomic E-state index is 0.0324. The first-order valence-corrected chi connectivity index (χ1v) is 3.10. The minimum atomic E-state index is -0.109. The van der Waals surface area contributed by atoms with Crippen molar-refractivity contribution in [2.24, 2.45) is 5.92 Å². The second kappa shape index (κ2) is 2.21. The van der Waals surface area contributed by atoms with Gasteiger partial charge in [-0.2, -0.15) is 0 Å². The van der Waals surface area contributed by atoms with Gasteiger partial charge < -0.3 is 4.74 Å². The third-order valence-corrected chi connectivity index (χ3v) is 1.37. The van der Waals surface area contributed by atoms with E-state index in [0.29, 0.717) is 6.61 Å². The summed E-state index contributed by atoms with van der Waals surface area (Å²) in [6, 6.07) is 0. The van der Waals surface area contributed by atoms with Gasteiger partial charge >= 0.3 is 5.97 Å². The van der Waals surface area contributed by atoms with Gasteiger partial charge in [-0.25, -0.2) is 0 Å². The summed E-state index contributed by atoms with van der Waals surface area (Å²) >= 11 is 0. The Morgan fingerprint density at radius 2 is 2.56 bits per heavy atom. The Hall–Kier alpha value is -0.790. The lowest BCUT2D eigenvalue weighted by atomic mass is 10.4. The van der Waals surface area contributed by atoms with Crippen LogP contribution in [0.25, 0.3) is 0 Å². The van der Waals surface area contributed by atoms with E-state index in [1.54, 1.807) is 0 Å². The predicted molar refractivity (Wildman–Crippen MR) is 33.9 cm³/mol. The average Bonchev–Trinajstić information content (AvgIpc) is 2.47. The van der Waals surface area contributed by atoms with Crippen LogP contribution in [0.3, 0.4) is 0 Å². The molecule has 1 atom stereocenters. The molecule has 0 radical (unpaired) electrons. The molecule has 0 heterocycles. The van der Waals surface area contributed by atoms with Gasteiger partial charge in [-0.1, -0.05) is 12.2 Å². The molecular weight excluding hydrogens is 116 g/mol. The van der Waals surface area contributed by atoms with Crippen LogP contribution in [0.15, 0.2) is 12.2 Å². The molecular formula is C7H10O2. The van der Waals surface area contributed by atoms with Gasteiger partial charge in [0.25, 0.3) is 0 Å². The monoisotopic (exact) mass is 126 g/mol. The van der Waals surface area contributed by atoms with Crippen LogP contribution in [0.4, 0.5) is 0 Å². The number of ether oxygens (including phenoxy) is 1. The highest BCUT2D eigenvalue weighted by molar-refractivity contribution is 5.80. The van der Waals surface area contributed by atoms with E-state index in [1.807, 2.05) is 6.92 Å². The standard InChI is InChI=1S/C7H10O2/c1-3-9-7(8)6-4-5(6)2/h6H,2-4H2,1H3. The van der Waals surface area contributed by atoms with Crippen LogP contribution in [0, 0.1) is 5.92 Å². The van der Waals surface area contributed by atoms with Crippen molar-refractivity contribution in [3.05, 3.63) is 12.2 Å². The van der Waals surface area contributed by atoms with Crippen molar-refractivity contribution >= 4 is 5.97 Å². The molecule has 9 heavy (non-hydrogen) atoms. The maximum Gasteiger partial charge on any atom is 0.313 e. The second-order valence-electron chi connectivity index (χ2n) is 2.17. The zero-order chi connectivity index (χ0) is 6.85. The Morgan fingerprint density at radius 1 is 2.00 bits per heavy atom. The smallest absolute Gasteiger partial charge is 0.313 e. The van der Waals surface area contributed by atoms with E-state index in [0.717, 1.165) is 12.0 Å². The molecule has 0 aliphatic heterocycles. The lowest BCUT2D eigenvalue weighted by Crippen LogP contribution is -2.05. The van der Waals surface area contributed by atoms with Crippen LogP contribution in [0.1, 0.15) is 13.3 Å². The van der Waals surface area contributed by atoms with Crippen molar-refractivity contribution in [1.82, 2.24) is 0 Å². The quantitative estimate of drug-likeness (QED) is 0.409. The van der Waals surface area contributed by atoms with Gasteiger partial charge in [-0.3, -0.25) is 4.79 Å². The highest BCUT2D eigenvalue weighted by Crippen LogP contribution is 2.36. The first-order valence-electron chi connectivity index (χ1n) is 3.10. The van der Waals surface area contributed by atoms with Gasteiger partial charge in [-0.05, 0) is 13.3 Å². The summed E-state index contributed by atoms with van der Waals surface area (Å²) in [6.07, 6.45) is 0.832. The van der Waals surface area contributed by atoms with Crippen LogP contribution >= 0.6 is 0 Å². The van der Waals surface area contributed by atoms with Gasteiger partial charge in [-0.15, -0.1) is 0 Å². The normalized spacial score (nSPS) is 23.7. The average molecular weight is 126 g/mol. The predicted octanol–water partition coefficient (Wildman–Crippen LogP) is 1.13. The van der Waals surface area contributed by atoms with Crippen LogP contribution in [-0.2, 0) is 9.53 Å². The molecule has 2 heteroatoms.